The molecule has 1 amide bonds. The molecule has 0 saturated carbocycles. The van der Waals surface area contributed by atoms with E-state index in [9.17, 15) is 4.79 Å². The highest BCUT2D eigenvalue weighted by molar-refractivity contribution is 5.73. The van der Waals surface area contributed by atoms with Crippen molar-refractivity contribution in [1.29, 1.82) is 0 Å². The molecule has 1 aromatic heterocycles. The van der Waals surface area contributed by atoms with Gasteiger partial charge in [-0.15, -0.1) is 0 Å². The largest absolute Gasteiger partial charge is 0.396 e. The molecule has 6 heteroatoms. The highest BCUT2D eigenvalue weighted by Crippen LogP contribution is 2.11. The van der Waals surface area contributed by atoms with Gasteiger partial charge in [-0.2, -0.15) is 0 Å². The van der Waals surface area contributed by atoms with Gasteiger partial charge in [-0.1, -0.05) is 0 Å². The number of carbonyl (C=O) groups is 1. The van der Waals surface area contributed by atoms with E-state index in [4.69, 9.17) is 5.73 Å². The number of nitrogens with zero attached hydrogens (tertiary/aromatic N) is 4. The van der Waals surface area contributed by atoms with Gasteiger partial charge in [-0.05, 0) is 0 Å². The number of nitrogen functional groups attached to an aromatic ring is 1. The normalized spacial score (nSPS) is 16.3. The fourth-order valence-corrected chi connectivity index (χ4v) is 1.72. The standard InChI is InChI=1S/C10H15N5O/c1-8(16)14-2-4-15(5-3-14)10-12-6-9(11)7-13-10/h6-7H,2-5,11H2,1H3. The molecule has 2 rings (SSSR count). The van der Waals surface area contributed by atoms with E-state index in [-0.39, 0.29) is 5.91 Å². The molecule has 16 heavy (non-hydrogen) atoms. The van der Waals surface area contributed by atoms with E-state index in [2.05, 4.69) is 14.9 Å². The number of nitrogens with two attached hydrogens (primary N) is 1. The summed E-state index contributed by atoms with van der Waals surface area (Å²) in [4.78, 5) is 23.3. The van der Waals surface area contributed by atoms with Crippen LogP contribution in [0.2, 0.25) is 0 Å². The summed E-state index contributed by atoms with van der Waals surface area (Å²) >= 11 is 0. The molecule has 6 nitrogen and oxygen atoms in total. The maximum Gasteiger partial charge on any atom is 0.225 e. The van der Waals surface area contributed by atoms with Crippen molar-refractivity contribution in [2.24, 2.45) is 0 Å². The summed E-state index contributed by atoms with van der Waals surface area (Å²) in [6.07, 6.45) is 3.19. The lowest BCUT2D eigenvalue weighted by Crippen LogP contribution is -2.48. The summed E-state index contributed by atoms with van der Waals surface area (Å²) in [6.45, 7) is 4.58. The number of hydrogen-bond donors (Lipinski definition) is 1. The maximum atomic E-state index is 11.1. The molecule has 0 aliphatic carbocycles. The van der Waals surface area contributed by atoms with E-state index in [1.54, 1.807) is 19.3 Å². The van der Waals surface area contributed by atoms with Crippen LogP contribution < -0.4 is 10.6 Å². The van der Waals surface area contributed by atoms with Gasteiger partial charge in [-0.25, -0.2) is 9.97 Å². The number of anilines is 2. The molecule has 86 valence electrons. The number of carbonyl (C=O) groups excluding carboxylic acids is 1. The molecule has 0 aromatic carbocycles. The summed E-state index contributed by atoms with van der Waals surface area (Å²) in [6, 6.07) is 0. The zero-order chi connectivity index (χ0) is 11.5. The second-order valence-corrected chi connectivity index (χ2v) is 3.81. The maximum absolute atomic E-state index is 11.1. The smallest absolute Gasteiger partial charge is 0.225 e. The second kappa shape index (κ2) is 4.34. The van der Waals surface area contributed by atoms with E-state index in [0.29, 0.717) is 11.6 Å². The minimum atomic E-state index is 0.123. The van der Waals surface area contributed by atoms with Crippen LogP contribution in [-0.4, -0.2) is 47.0 Å². The number of piperazine rings is 1. The molecule has 0 atom stereocenters. The molecule has 2 heterocycles. The van der Waals surface area contributed by atoms with Crippen LogP contribution in [0.25, 0.3) is 0 Å². The predicted octanol–water partition coefficient (Wildman–Crippen LogP) is -0.273. The first-order valence-electron chi connectivity index (χ1n) is 5.25. The van der Waals surface area contributed by atoms with Crippen LogP contribution in [0, 0.1) is 0 Å². The van der Waals surface area contributed by atoms with Crippen molar-refractivity contribution in [1.82, 2.24) is 14.9 Å². The van der Waals surface area contributed by atoms with E-state index in [0.717, 1.165) is 26.2 Å². The molecule has 1 aliphatic rings. The second-order valence-electron chi connectivity index (χ2n) is 3.81. The van der Waals surface area contributed by atoms with Gasteiger partial charge < -0.3 is 15.5 Å². The van der Waals surface area contributed by atoms with Crippen molar-refractivity contribution in [3.8, 4) is 0 Å². The Labute approximate surface area is 94.1 Å². The Morgan fingerprint density at radius 1 is 1.25 bits per heavy atom. The number of hydrogen-bond acceptors (Lipinski definition) is 5. The van der Waals surface area contributed by atoms with Crippen LogP contribution in [0.5, 0.6) is 0 Å². The summed E-state index contributed by atoms with van der Waals surface area (Å²) in [5.74, 6) is 0.801. The van der Waals surface area contributed by atoms with Crippen molar-refractivity contribution in [2.75, 3.05) is 36.8 Å². The highest BCUT2D eigenvalue weighted by atomic mass is 16.2. The molecule has 0 spiro atoms. The fraction of sp³-hybridized carbons (Fsp3) is 0.500. The van der Waals surface area contributed by atoms with E-state index in [1.807, 2.05) is 4.90 Å². The van der Waals surface area contributed by atoms with E-state index in [1.165, 1.54) is 0 Å². The molecule has 0 bridgehead atoms. The summed E-state index contributed by atoms with van der Waals surface area (Å²) in [7, 11) is 0. The molecule has 1 fully saturated rings. The Morgan fingerprint density at radius 2 is 1.81 bits per heavy atom. The monoisotopic (exact) mass is 221 g/mol. The minimum absolute atomic E-state index is 0.123. The molecule has 0 radical (unpaired) electrons. The summed E-state index contributed by atoms with van der Waals surface area (Å²) in [5, 5.41) is 0. The Kier molecular flexibility index (Phi) is 2.89. The SMILES string of the molecule is CC(=O)N1CCN(c2ncc(N)cn2)CC1. The topological polar surface area (TPSA) is 75.4 Å². The first kappa shape index (κ1) is 10.7. The zero-order valence-corrected chi connectivity index (χ0v) is 9.26. The van der Waals surface area contributed by atoms with Crippen molar-refractivity contribution in [3.63, 3.8) is 0 Å². The summed E-state index contributed by atoms with van der Waals surface area (Å²) in [5.41, 5.74) is 6.08. The van der Waals surface area contributed by atoms with Gasteiger partial charge in [-0.3, -0.25) is 4.79 Å². The molecule has 1 saturated heterocycles. The van der Waals surface area contributed by atoms with Crippen LogP contribution in [0.1, 0.15) is 6.92 Å². The van der Waals surface area contributed by atoms with Crippen LogP contribution >= 0.6 is 0 Å². The summed E-state index contributed by atoms with van der Waals surface area (Å²) < 4.78 is 0. The van der Waals surface area contributed by atoms with Gasteiger partial charge in [0, 0.05) is 33.1 Å². The lowest BCUT2D eigenvalue weighted by molar-refractivity contribution is -0.129. The predicted molar refractivity (Wildman–Crippen MR) is 60.9 cm³/mol. The van der Waals surface area contributed by atoms with E-state index >= 15 is 0 Å². The molecule has 1 aliphatic heterocycles. The van der Waals surface area contributed by atoms with Crippen LogP contribution in [0.4, 0.5) is 11.6 Å². The molecular weight excluding hydrogens is 206 g/mol. The minimum Gasteiger partial charge on any atom is -0.396 e. The van der Waals surface area contributed by atoms with Gasteiger partial charge in [0.15, 0.2) is 0 Å². The average Bonchev–Trinajstić information content (AvgIpc) is 2.30. The molecule has 0 unspecified atom stereocenters. The van der Waals surface area contributed by atoms with Gasteiger partial charge in [0.05, 0.1) is 18.1 Å². The molecular formula is C10H15N5O. The first-order chi connectivity index (χ1) is 7.66. The quantitative estimate of drug-likeness (QED) is 0.706. The third-order valence-corrected chi connectivity index (χ3v) is 2.67. The Balaban J connectivity index is 1.99. The molecule has 2 N–H and O–H groups in total. The third-order valence-electron chi connectivity index (χ3n) is 2.67. The van der Waals surface area contributed by atoms with Gasteiger partial charge >= 0.3 is 0 Å². The van der Waals surface area contributed by atoms with Crippen molar-refractivity contribution in [2.45, 2.75) is 6.92 Å². The van der Waals surface area contributed by atoms with Gasteiger partial charge in [0.1, 0.15) is 0 Å². The zero-order valence-electron chi connectivity index (χ0n) is 9.26. The number of amides is 1. The third kappa shape index (κ3) is 2.21. The fourth-order valence-electron chi connectivity index (χ4n) is 1.72. The van der Waals surface area contributed by atoms with E-state index < -0.39 is 0 Å². The van der Waals surface area contributed by atoms with Crippen molar-refractivity contribution < 1.29 is 4.79 Å². The van der Waals surface area contributed by atoms with Gasteiger partial charge in [0.25, 0.3) is 0 Å². The van der Waals surface area contributed by atoms with Crippen molar-refractivity contribution in [3.05, 3.63) is 12.4 Å². The van der Waals surface area contributed by atoms with Gasteiger partial charge in [0.2, 0.25) is 11.9 Å². The Hall–Kier alpha value is -1.85. The Bertz CT molecular complexity index is 369. The van der Waals surface area contributed by atoms with Crippen LogP contribution in [0.3, 0.4) is 0 Å². The van der Waals surface area contributed by atoms with Crippen LogP contribution in [0.15, 0.2) is 12.4 Å². The lowest BCUT2D eigenvalue weighted by Gasteiger charge is -2.34. The Morgan fingerprint density at radius 3 is 2.31 bits per heavy atom. The lowest BCUT2D eigenvalue weighted by atomic mass is 10.3. The van der Waals surface area contributed by atoms with Crippen molar-refractivity contribution >= 4 is 17.5 Å². The number of aromatic nitrogens is 2. The first-order valence-corrected chi connectivity index (χ1v) is 5.25. The average molecular weight is 221 g/mol. The van der Waals surface area contributed by atoms with Crippen LogP contribution in [-0.2, 0) is 4.79 Å². The number of rotatable bonds is 1. The highest BCUT2D eigenvalue weighted by Gasteiger charge is 2.19. The molecule has 1 aromatic rings.